The molecule has 0 N–H and O–H groups in total. The van der Waals surface area contributed by atoms with Gasteiger partial charge in [0.1, 0.15) is 10.6 Å². The van der Waals surface area contributed by atoms with Gasteiger partial charge in [0.05, 0.1) is 5.75 Å². The summed E-state index contributed by atoms with van der Waals surface area (Å²) in [4.78, 5) is 15.5. The Hall–Kier alpha value is -1.84. The number of nitrogens with zero attached hydrogens (tertiary/aromatic N) is 3. The average Bonchev–Trinajstić information content (AvgIpc) is 3.01. The number of hydrogen-bond donors (Lipinski definition) is 0. The van der Waals surface area contributed by atoms with Gasteiger partial charge in [-0.05, 0) is 51.0 Å². The molecule has 28 heavy (non-hydrogen) atoms. The van der Waals surface area contributed by atoms with Crippen LogP contribution >= 0.6 is 11.8 Å². The molecule has 0 spiro atoms. The summed E-state index contributed by atoms with van der Waals surface area (Å²) in [5.74, 6) is 0.664. The Bertz CT molecular complexity index is 958. The lowest BCUT2D eigenvalue weighted by Crippen LogP contribution is -2.51. The Kier molecular flexibility index (Phi) is 6.16. The van der Waals surface area contributed by atoms with E-state index in [9.17, 15) is 13.2 Å². The smallest absolute Gasteiger partial charge is 0.248 e. The first-order chi connectivity index (χ1) is 13.2. The number of piperazine rings is 1. The topological polar surface area (TPSA) is 83.7 Å². The second kappa shape index (κ2) is 8.26. The van der Waals surface area contributed by atoms with Crippen LogP contribution < -0.4 is 0 Å². The van der Waals surface area contributed by atoms with Crippen LogP contribution in [0.1, 0.15) is 22.6 Å². The highest BCUT2D eigenvalue weighted by atomic mass is 32.2. The van der Waals surface area contributed by atoms with E-state index in [-0.39, 0.29) is 23.9 Å². The molecule has 0 unspecified atom stereocenters. The highest BCUT2D eigenvalue weighted by Crippen LogP contribution is 2.25. The standard InChI is InChI=1S/C19H25N3O4S2/c1-13-5-6-17(11-14(13)2)27-12-18(23)21-7-9-22(10-8-21)28(24,25)19-15(3)20-26-16(19)4/h5-6,11H,7-10,12H2,1-4H3. The van der Waals surface area contributed by atoms with E-state index in [1.807, 2.05) is 6.07 Å². The van der Waals surface area contributed by atoms with Crippen molar-refractivity contribution in [1.82, 2.24) is 14.4 Å². The molecule has 1 aromatic carbocycles. The molecule has 1 aromatic heterocycles. The lowest BCUT2D eigenvalue weighted by atomic mass is 10.1. The van der Waals surface area contributed by atoms with Crippen LogP contribution in [-0.2, 0) is 14.8 Å². The quantitative estimate of drug-likeness (QED) is 0.687. The van der Waals surface area contributed by atoms with Crippen LogP contribution in [0.25, 0.3) is 0 Å². The minimum Gasteiger partial charge on any atom is -0.360 e. The van der Waals surface area contributed by atoms with E-state index in [0.717, 1.165) is 4.90 Å². The van der Waals surface area contributed by atoms with E-state index in [1.54, 1.807) is 18.7 Å². The fourth-order valence-electron chi connectivity index (χ4n) is 3.19. The van der Waals surface area contributed by atoms with Gasteiger partial charge in [-0.15, -0.1) is 11.8 Å². The SMILES string of the molecule is Cc1ccc(SCC(=O)N2CCN(S(=O)(=O)c3c(C)noc3C)CC2)cc1C. The molecule has 152 valence electrons. The van der Waals surface area contributed by atoms with Gasteiger partial charge in [-0.25, -0.2) is 8.42 Å². The van der Waals surface area contributed by atoms with Crippen LogP contribution in [0, 0.1) is 27.7 Å². The predicted molar refractivity (Wildman–Crippen MR) is 108 cm³/mol. The van der Waals surface area contributed by atoms with Crippen molar-refractivity contribution in [3.05, 3.63) is 40.8 Å². The molecule has 0 saturated carbocycles. The van der Waals surface area contributed by atoms with Gasteiger partial charge in [0.25, 0.3) is 0 Å². The monoisotopic (exact) mass is 423 g/mol. The van der Waals surface area contributed by atoms with Crippen molar-refractivity contribution in [2.45, 2.75) is 37.5 Å². The average molecular weight is 424 g/mol. The summed E-state index contributed by atoms with van der Waals surface area (Å²) in [5.41, 5.74) is 2.79. The molecular weight excluding hydrogens is 398 g/mol. The highest BCUT2D eigenvalue weighted by molar-refractivity contribution is 8.00. The molecule has 0 radical (unpaired) electrons. The number of sulfonamides is 1. The van der Waals surface area contributed by atoms with Crippen LogP contribution in [0.15, 0.2) is 32.5 Å². The van der Waals surface area contributed by atoms with Crippen molar-refractivity contribution in [3.63, 3.8) is 0 Å². The van der Waals surface area contributed by atoms with Crippen LogP contribution in [0.3, 0.4) is 0 Å². The summed E-state index contributed by atoms with van der Waals surface area (Å²) < 4.78 is 32.1. The lowest BCUT2D eigenvalue weighted by molar-refractivity contribution is -0.129. The maximum absolute atomic E-state index is 12.9. The molecule has 1 aliphatic rings. The number of amides is 1. The first-order valence-corrected chi connectivity index (χ1v) is 11.5. The first kappa shape index (κ1) is 20.9. The Morgan fingerprint density at radius 2 is 1.79 bits per heavy atom. The molecule has 1 saturated heterocycles. The number of carbonyl (C=O) groups is 1. The third kappa shape index (κ3) is 4.26. The zero-order chi connectivity index (χ0) is 20.5. The Labute approximate surface area is 170 Å². The molecule has 3 rings (SSSR count). The van der Waals surface area contributed by atoms with Crippen LogP contribution in [-0.4, -0.2) is 60.6 Å². The summed E-state index contributed by atoms with van der Waals surface area (Å²) in [6.07, 6.45) is 0. The number of thioether (sulfide) groups is 1. The summed E-state index contributed by atoms with van der Waals surface area (Å²) in [5, 5.41) is 3.74. The maximum atomic E-state index is 12.9. The summed E-state index contributed by atoms with van der Waals surface area (Å²) >= 11 is 1.51. The highest BCUT2D eigenvalue weighted by Gasteiger charge is 2.34. The van der Waals surface area contributed by atoms with Gasteiger partial charge in [0.2, 0.25) is 15.9 Å². The zero-order valence-corrected chi connectivity index (χ0v) is 18.2. The minimum absolute atomic E-state index is 0.0256. The molecule has 1 aliphatic heterocycles. The number of benzene rings is 1. The second-order valence-corrected chi connectivity index (χ2v) is 9.90. The molecule has 2 heterocycles. The second-order valence-electron chi connectivity index (χ2n) is 6.97. The Balaban J connectivity index is 1.57. The molecule has 0 atom stereocenters. The number of rotatable bonds is 5. The summed E-state index contributed by atoms with van der Waals surface area (Å²) in [6, 6.07) is 6.16. The normalized spacial score (nSPS) is 15.8. The van der Waals surface area contributed by atoms with E-state index < -0.39 is 10.0 Å². The molecule has 1 amide bonds. The number of aromatic nitrogens is 1. The van der Waals surface area contributed by atoms with Crippen molar-refractivity contribution in [3.8, 4) is 0 Å². The first-order valence-electron chi connectivity index (χ1n) is 9.11. The van der Waals surface area contributed by atoms with Crippen molar-refractivity contribution >= 4 is 27.7 Å². The Morgan fingerprint density at radius 1 is 1.11 bits per heavy atom. The molecular formula is C19H25N3O4S2. The third-order valence-electron chi connectivity index (χ3n) is 5.00. The van der Waals surface area contributed by atoms with Gasteiger partial charge >= 0.3 is 0 Å². The molecule has 0 bridgehead atoms. The number of hydrogen-bond acceptors (Lipinski definition) is 6. The maximum Gasteiger partial charge on any atom is 0.248 e. The van der Waals surface area contributed by atoms with E-state index in [2.05, 4.69) is 31.1 Å². The van der Waals surface area contributed by atoms with Crippen molar-refractivity contribution in [2.24, 2.45) is 0 Å². The Morgan fingerprint density at radius 3 is 2.36 bits per heavy atom. The van der Waals surface area contributed by atoms with E-state index in [4.69, 9.17) is 4.52 Å². The van der Waals surface area contributed by atoms with Crippen LogP contribution in [0.5, 0.6) is 0 Å². The van der Waals surface area contributed by atoms with Crippen molar-refractivity contribution in [2.75, 3.05) is 31.9 Å². The predicted octanol–water partition coefficient (Wildman–Crippen LogP) is 2.53. The van der Waals surface area contributed by atoms with Crippen molar-refractivity contribution in [1.29, 1.82) is 0 Å². The van der Waals surface area contributed by atoms with Gasteiger partial charge in [-0.2, -0.15) is 4.31 Å². The van der Waals surface area contributed by atoms with E-state index >= 15 is 0 Å². The molecule has 2 aromatic rings. The van der Waals surface area contributed by atoms with Crippen LogP contribution in [0.4, 0.5) is 0 Å². The van der Waals surface area contributed by atoms with E-state index in [0.29, 0.717) is 30.3 Å². The molecule has 9 heteroatoms. The van der Waals surface area contributed by atoms with Crippen molar-refractivity contribution < 1.29 is 17.7 Å². The number of carbonyl (C=O) groups excluding carboxylic acids is 1. The molecule has 1 fully saturated rings. The van der Waals surface area contributed by atoms with Gasteiger partial charge < -0.3 is 9.42 Å². The fraction of sp³-hybridized carbons (Fsp3) is 0.474. The number of aryl methyl sites for hydroxylation is 4. The van der Waals surface area contributed by atoms with Gasteiger partial charge in [0.15, 0.2) is 5.76 Å². The molecule has 0 aliphatic carbocycles. The minimum atomic E-state index is -3.66. The lowest BCUT2D eigenvalue weighted by Gasteiger charge is -2.33. The fourth-order valence-corrected chi connectivity index (χ4v) is 5.80. The van der Waals surface area contributed by atoms with Gasteiger partial charge in [0, 0.05) is 31.1 Å². The van der Waals surface area contributed by atoms with Crippen LogP contribution in [0.2, 0.25) is 0 Å². The zero-order valence-electron chi connectivity index (χ0n) is 16.6. The summed E-state index contributed by atoms with van der Waals surface area (Å²) in [7, 11) is -3.66. The molecule has 7 nitrogen and oxygen atoms in total. The largest absolute Gasteiger partial charge is 0.360 e. The summed E-state index contributed by atoms with van der Waals surface area (Å²) in [6.45, 7) is 8.64. The third-order valence-corrected chi connectivity index (χ3v) is 8.12. The van der Waals surface area contributed by atoms with Gasteiger partial charge in [-0.3, -0.25) is 4.79 Å². The van der Waals surface area contributed by atoms with E-state index in [1.165, 1.54) is 27.2 Å². The van der Waals surface area contributed by atoms with Gasteiger partial charge in [-0.1, -0.05) is 11.2 Å².